The number of aliphatic hydroxyl groups is 1. The van der Waals surface area contributed by atoms with E-state index in [1.165, 1.54) is 6.92 Å². The van der Waals surface area contributed by atoms with Crippen LogP contribution < -0.4 is 9.47 Å². The molecule has 0 atom stereocenters. The van der Waals surface area contributed by atoms with E-state index in [-0.39, 0.29) is 12.6 Å². The molecule has 2 aromatic carbocycles. The number of carbonyl (C=O) groups excluding carboxylic acids is 1. The number of esters is 1. The molecule has 2 aromatic rings. The molecule has 0 fully saturated rings. The topological polar surface area (TPSA) is 65.0 Å². The average Bonchev–Trinajstić information content (AvgIpc) is 2.81. The highest BCUT2D eigenvalue weighted by molar-refractivity contribution is 5.66. The molecule has 0 spiro atoms. The summed E-state index contributed by atoms with van der Waals surface area (Å²) >= 11 is 0. The van der Waals surface area contributed by atoms with Gasteiger partial charge in [0.05, 0.1) is 6.61 Å². The minimum atomic E-state index is -0.272. The number of ether oxygens (including phenoxy) is 3. The Bertz CT molecular complexity index is 899. The van der Waals surface area contributed by atoms with Crippen molar-refractivity contribution >= 4 is 5.97 Å². The van der Waals surface area contributed by atoms with Crippen LogP contribution in [0.4, 0.5) is 0 Å². The summed E-state index contributed by atoms with van der Waals surface area (Å²) in [6.45, 7) is 11.0. The third-order valence-corrected chi connectivity index (χ3v) is 4.87. The van der Waals surface area contributed by atoms with Crippen molar-refractivity contribution in [1.29, 1.82) is 0 Å². The lowest BCUT2D eigenvalue weighted by molar-refractivity contribution is -0.142. The number of allylic oxidation sites excluding steroid dienone is 2. The quantitative estimate of drug-likeness (QED) is 0.322. The van der Waals surface area contributed by atoms with E-state index in [0.29, 0.717) is 19.8 Å². The van der Waals surface area contributed by atoms with Crippen LogP contribution in [0.3, 0.4) is 0 Å². The molecule has 0 heterocycles. The first-order valence-electron chi connectivity index (χ1n) is 11.4. The Labute approximate surface area is 198 Å². The van der Waals surface area contributed by atoms with Gasteiger partial charge in [-0.2, -0.15) is 0 Å². The van der Waals surface area contributed by atoms with Crippen LogP contribution in [0.1, 0.15) is 55.9 Å². The highest BCUT2D eigenvalue weighted by atomic mass is 16.5. The predicted molar refractivity (Wildman–Crippen MR) is 134 cm³/mol. The average molecular weight is 455 g/mol. The first-order valence-corrected chi connectivity index (χ1v) is 11.4. The van der Waals surface area contributed by atoms with Crippen molar-refractivity contribution in [3.8, 4) is 11.5 Å². The third kappa shape index (κ3) is 10.9. The van der Waals surface area contributed by atoms with Gasteiger partial charge < -0.3 is 19.3 Å². The maximum atomic E-state index is 10.8. The summed E-state index contributed by atoms with van der Waals surface area (Å²) in [4.78, 5) is 10.8. The molecule has 33 heavy (non-hydrogen) atoms. The molecule has 0 amide bonds. The Hall–Kier alpha value is -3.05. The lowest BCUT2D eigenvalue weighted by Crippen LogP contribution is -2.02. The lowest BCUT2D eigenvalue weighted by Gasteiger charge is -2.11. The zero-order valence-electron chi connectivity index (χ0n) is 20.6. The number of aliphatic hydroxyl groups excluding tert-OH is 1. The van der Waals surface area contributed by atoms with E-state index in [2.05, 4.69) is 26.0 Å². The molecule has 0 aliphatic heterocycles. The van der Waals surface area contributed by atoms with Crippen molar-refractivity contribution in [3.63, 3.8) is 0 Å². The molecule has 0 unspecified atom stereocenters. The van der Waals surface area contributed by atoms with Gasteiger partial charge in [-0.25, -0.2) is 0 Å². The van der Waals surface area contributed by atoms with Gasteiger partial charge in [0, 0.05) is 6.92 Å². The van der Waals surface area contributed by atoms with Crippen LogP contribution in [-0.4, -0.2) is 24.3 Å². The monoisotopic (exact) mass is 454 g/mol. The van der Waals surface area contributed by atoms with Crippen LogP contribution in [0.25, 0.3) is 0 Å². The number of hydrogen-bond donors (Lipinski definition) is 1. The normalized spacial score (nSPS) is 10.7. The molecule has 0 aromatic heterocycles. The Kier molecular flexibility index (Phi) is 14.0. The molecular weight excluding hydrogens is 416 g/mol. The maximum Gasteiger partial charge on any atom is 0.302 e. The van der Waals surface area contributed by atoms with Gasteiger partial charge in [0.1, 0.15) is 31.3 Å². The van der Waals surface area contributed by atoms with Crippen LogP contribution in [-0.2, 0) is 22.7 Å². The van der Waals surface area contributed by atoms with Crippen molar-refractivity contribution in [2.45, 2.75) is 60.7 Å². The van der Waals surface area contributed by atoms with E-state index < -0.39 is 0 Å². The highest BCUT2D eigenvalue weighted by Crippen LogP contribution is 2.22. The predicted octanol–water partition coefficient (Wildman–Crippen LogP) is 6.24. The Morgan fingerprint density at radius 3 is 1.76 bits per heavy atom. The molecule has 0 saturated carbocycles. The van der Waals surface area contributed by atoms with Gasteiger partial charge in [-0.3, -0.25) is 4.79 Å². The molecule has 0 bridgehead atoms. The molecular formula is C28H38O5. The molecule has 1 N–H and O–H groups in total. The molecule has 0 radical (unpaired) electrons. The lowest BCUT2D eigenvalue weighted by atomic mass is 10.1. The number of hydrogen-bond acceptors (Lipinski definition) is 5. The second-order valence-electron chi connectivity index (χ2n) is 7.40. The van der Waals surface area contributed by atoms with Crippen molar-refractivity contribution in [2.24, 2.45) is 0 Å². The third-order valence-electron chi connectivity index (χ3n) is 4.87. The number of benzene rings is 2. The highest BCUT2D eigenvalue weighted by Gasteiger charge is 2.06. The fourth-order valence-corrected chi connectivity index (χ4v) is 2.88. The van der Waals surface area contributed by atoms with Crippen molar-refractivity contribution in [1.82, 2.24) is 0 Å². The van der Waals surface area contributed by atoms with Crippen LogP contribution in [0, 0.1) is 13.8 Å². The molecule has 180 valence electrons. The SMILES string of the molecule is CC/C=C\COc1cccc(CO)c1C.CC/C=C\COc1cccc(COC(C)=O)c1C. The van der Waals surface area contributed by atoms with Crippen molar-refractivity contribution < 1.29 is 24.1 Å². The Balaban J connectivity index is 0.000000335. The molecule has 5 nitrogen and oxygen atoms in total. The minimum Gasteiger partial charge on any atom is -0.489 e. The second-order valence-corrected chi connectivity index (χ2v) is 7.40. The summed E-state index contributed by atoms with van der Waals surface area (Å²) in [7, 11) is 0. The van der Waals surface area contributed by atoms with Gasteiger partial charge in [-0.05, 0) is 61.1 Å². The van der Waals surface area contributed by atoms with Gasteiger partial charge in [0.25, 0.3) is 0 Å². The van der Waals surface area contributed by atoms with E-state index in [1.54, 1.807) is 0 Å². The Morgan fingerprint density at radius 2 is 1.30 bits per heavy atom. The van der Waals surface area contributed by atoms with Crippen molar-refractivity contribution in [3.05, 3.63) is 83.0 Å². The zero-order valence-corrected chi connectivity index (χ0v) is 20.6. The summed E-state index contributed by atoms with van der Waals surface area (Å²) in [5, 5.41) is 9.08. The molecule has 0 aliphatic carbocycles. The van der Waals surface area contributed by atoms with E-state index in [0.717, 1.165) is 46.6 Å². The zero-order chi connectivity index (χ0) is 24.5. The maximum absolute atomic E-state index is 10.8. The van der Waals surface area contributed by atoms with E-state index in [1.807, 2.05) is 62.4 Å². The number of carbonyl (C=O) groups is 1. The fraction of sp³-hybridized carbons (Fsp3) is 0.393. The van der Waals surface area contributed by atoms with E-state index in [9.17, 15) is 4.79 Å². The molecule has 5 heteroatoms. The largest absolute Gasteiger partial charge is 0.489 e. The Morgan fingerprint density at radius 1 is 0.818 bits per heavy atom. The molecule has 0 saturated heterocycles. The van der Waals surface area contributed by atoms with Gasteiger partial charge in [0.2, 0.25) is 0 Å². The van der Waals surface area contributed by atoms with Gasteiger partial charge in [-0.1, -0.05) is 62.4 Å². The fourth-order valence-electron chi connectivity index (χ4n) is 2.88. The molecule has 0 aliphatic rings. The summed E-state index contributed by atoms with van der Waals surface area (Å²) in [5.41, 5.74) is 3.93. The van der Waals surface area contributed by atoms with Crippen LogP contribution in [0.2, 0.25) is 0 Å². The first kappa shape index (κ1) is 28.0. The summed E-state index contributed by atoms with van der Waals surface area (Å²) in [6.07, 6.45) is 10.2. The summed E-state index contributed by atoms with van der Waals surface area (Å²) < 4.78 is 16.2. The second kappa shape index (κ2) is 16.6. The van der Waals surface area contributed by atoms with Crippen LogP contribution in [0.5, 0.6) is 11.5 Å². The summed E-state index contributed by atoms with van der Waals surface area (Å²) in [5.74, 6) is 1.41. The van der Waals surface area contributed by atoms with Crippen molar-refractivity contribution in [2.75, 3.05) is 13.2 Å². The van der Waals surface area contributed by atoms with Crippen LogP contribution in [0.15, 0.2) is 60.7 Å². The van der Waals surface area contributed by atoms with Gasteiger partial charge in [-0.15, -0.1) is 0 Å². The van der Waals surface area contributed by atoms with E-state index in [4.69, 9.17) is 19.3 Å². The standard InChI is InChI=1S/C15H20O3.C13H18O2/c1-4-5-6-10-17-15-9-7-8-14(12(15)2)11-18-13(3)16;1-3-4-5-9-15-13-8-6-7-12(10-14)11(13)2/h5-9H,4,10-11H2,1-3H3;4-8,14H,3,9-10H2,1-2H3/b6-5-;5-4-. The minimum absolute atomic E-state index is 0.0633. The number of rotatable bonds is 11. The summed E-state index contributed by atoms with van der Waals surface area (Å²) in [6, 6.07) is 11.5. The van der Waals surface area contributed by atoms with Crippen LogP contribution >= 0.6 is 0 Å². The van der Waals surface area contributed by atoms with E-state index >= 15 is 0 Å². The molecule has 2 rings (SSSR count). The smallest absolute Gasteiger partial charge is 0.302 e. The van der Waals surface area contributed by atoms with Gasteiger partial charge in [0.15, 0.2) is 0 Å². The van der Waals surface area contributed by atoms with Gasteiger partial charge >= 0.3 is 5.97 Å². The first-order chi connectivity index (χ1) is 15.9.